The van der Waals surface area contributed by atoms with Gasteiger partial charge >= 0.3 is 0 Å². The van der Waals surface area contributed by atoms with Crippen molar-refractivity contribution >= 4 is 11.9 Å². The van der Waals surface area contributed by atoms with Gasteiger partial charge in [-0.2, -0.15) is 0 Å². The molecule has 0 aliphatic heterocycles. The highest BCUT2D eigenvalue weighted by molar-refractivity contribution is 5.97. The lowest BCUT2D eigenvalue weighted by Gasteiger charge is -2.03. The zero-order valence-electron chi connectivity index (χ0n) is 9.00. The van der Waals surface area contributed by atoms with E-state index >= 15 is 0 Å². The Morgan fingerprint density at radius 2 is 1.93 bits per heavy atom. The van der Waals surface area contributed by atoms with Gasteiger partial charge in [0.1, 0.15) is 0 Å². The first-order valence-corrected chi connectivity index (χ1v) is 4.92. The number of ketones is 1. The van der Waals surface area contributed by atoms with Gasteiger partial charge in [-0.3, -0.25) is 4.79 Å². The summed E-state index contributed by atoms with van der Waals surface area (Å²) in [5.41, 5.74) is 3.25. The standard InChI is InChI=1S/C13H16O/c1-4-12-7-5-6-8-13(12)9-10(2)11(3)14/h5-9H,4H2,1-3H3/b10-9+. The molecule has 0 bridgehead atoms. The SMILES string of the molecule is CCc1ccccc1/C=C(\C)C(C)=O. The van der Waals surface area contributed by atoms with Gasteiger partial charge in [0.05, 0.1) is 0 Å². The van der Waals surface area contributed by atoms with Crippen molar-refractivity contribution in [3.8, 4) is 0 Å². The molecule has 0 atom stereocenters. The van der Waals surface area contributed by atoms with Crippen LogP contribution in [0.5, 0.6) is 0 Å². The third-order valence-electron chi connectivity index (χ3n) is 2.36. The van der Waals surface area contributed by atoms with E-state index in [1.165, 1.54) is 5.56 Å². The van der Waals surface area contributed by atoms with Gasteiger partial charge in [-0.1, -0.05) is 31.2 Å². The normalized spacial score (nSPS) is 11.5. The Hall–Kier alpha value is -1.37. The van der Waals surface area contributed by atoms with Gasteiger partial charge in [0.25, 0.3) is 0 Å². The van der Waals surface area contributed by atoms with Crippen molar-refractivity contribution in [3.63, 3.8) is 0 Å². The lowest BCUT2D eigenvalue weighted by atomic mass is 10.0. The molecule has 0 unspecified atom stereocenters. The monoisotopic (exact) mass is 188 g/mol. The molecule has 0 heterocycles. The summed E-state index contributed by atoms with van der Waals surface area (Å²) in [7, 11) is 0. The first-order chi connectivity index (χ1) is 6.65. The molecular formula is C13H16O. The quantitative estimate of drug-likeness (QED) is 0.665. The molecule has 0 spiro atoms. The Morgan fingerprint density at radius 1 is 1.29 bits per heavy atom. The van der Waals surface area contributed by atoms with Crippen LogP contribution in [0.4, 0.5) is 0 Å². The molecule has 1 aromatic carbocycles. The van der Waals surface area contributed by atoms with Crippen LogP contribution >= 0.6 is 0 Å². The average Bonchev–Trinajstić information content (AvgIpc) is 2.18. The molecule has 0 N–H and O–H groups in total. The predicted molar refractivity (Wildman–Crippen MR) is 60.2 cm³/mol. The highest BCUT2D eigenvalue weighted by Crippen LogP contribution is 2.13. The van der Waals surface area contributed by atoms with Crippen LogP contribution in [0, 0.1) is 0 Å². The summed E-state index contributed by atoms with van der Waals surface area (Å²) in [6.07, 6.45) is 2.96. The third kappa shape index (κ3) is 2.56. The summed E-state index contributed by atoms with van der Waals surface area (Å²) in [5.74, 6) is 0.135. The van der Waals surface area contributed by atoms with Crippen LogP contribution in [0.1, 0.15) is 31.9 Å². The van der Waals surface area contributed by atoms with Crippen LogP contribution < -0.4 is 0 Å². The molecule has 0 aliphatic rings. The number of Topliss-reactive ketones (excluding diaryl/α,β-unsaturated/α-hetero) is 1. The lowest BCUT2D eigenvalue weighted by Crippen LogP contribution is -1.92. The molecule has 1 nitrogen and oxygen atoms in total. The third-order valence-corrected chi connectivity index (χ3v) is 2.36. The van der Waals surface area contributed by atoms with Crippen LogP contribution in [-0.2, 0) is 11.2 Å². The van der Waals surface area contributed by atoms with E-state index in [9.17, 15) is 4.79 Å². The van der Waals surface area contributed by atoms with Crippen LogP contribution in [0.15, 0.2) is 29.8 Å². The van der Waals surface area contributed by atoms with Gasteiger partial charge < -0.3 is 0 Å². The highest BCUT2D eigenvalue weighted by atomic mass is 16.1. The fourth-order valence-corrected chi connectivity index (χ4v) is 1.33. The topological polar surface area (TPSA) is 17.1 Å². The molecule has 1 rings (SSSR count). The van der Waals surface area contributed by atoms with Crippen LogP contribution in [0.3, 0.4) is 0 Å². The Morgan fingerprint density at radius 3 is 2.50 bits per heavy atom. The molecule has 1 aromatic rings. The molecule has 1 heteroatoms. The minimum Gasteiger partial charge on any atom is -0.295 e. The van der Waals surface area contributed by atoms with E-state index in [1.54, 1.807) is 6.92 Å². The molecule has 14 heavy (non-hydrogen) atoms. The Labute approximate surface area is 85.5 Å². The number of hydrogen-bond donors (Lipinski definition) is 0. The number of carbonyl (C=O) groups is 1. The Bertz CT molecular complexity index is 361. The zero-order chi connectivity index (χ0) is 10.6. The molecular weight excluding hydrogens is 172 g/mol. The van der Waals surface area contributed by atoms with E-state index in [0.717, 1.165) is 17.6 Å². The first kappa shape index (κ1) is 10.7. The summed E-state index contributed by atoms with van der Waals surface area (Å²) in [6, 6.07) is 8.17. The summed E-state index contributed by atoms with van der Waals surface area (Å²) in [6.45, 7) is 5.57. The largest absolute Gasteiger partial charge is 0.295 e. The molecule has 0 aliphatic carbocycles. The maximum Gasteiger partial charge on any atom is 0.155 e. The van der Waals surface area contributed by atoms with Crippen molar-refractivity contribution in [2.24, 2.45) is 0 Å². The van der Waals surface area contributed by atoms with Crippen molar-refractivity contribution in [1.82, 2.24) is 0 Å². The van der Waals surface area contributed by atoms with Crippen LogP contribution in [-0.4, -0.2) is 5.78 Å². The van der Waals surface area contributed by atoms with Gasteiger partial charge in [-0.15, -0.1) is 0 Å². The summed E-state index contributed by atoms with van der Waals surface area (Å²) < 4.78 is 0. The smallest absolute Gasteiger partial charge is 0.155 e. The van der Waals surface area contributed by atoms with Gasteiger partial charge in [0.2, 0.25) is 0 Å². The van der Waals surface area contributed by atoms with Gasteiger partial charge in [-0.05, 0) is 43.0 Å². The second-order valence-electron chi connectivity index (χ2n) is 3.44. The highest BCUT2D eigenvalue weighted by Gasteiger charge is 1.99. The predicted octanol–water partition coefficient (Wildman–Crippen LogP) is 3.24. The van der Waals surface area contributed by atoms with Crippen molar-refractivity contribution in [3.05, 3.63) is 41.0 Å². The van der Waals surface area contributed by atoms with E-state index in [-0.39, 0.29) is 5.78 Å². The molecule has 0 amide bonds. The average molecular weight is 188 g/mol. The summed E-state index contributed by atoms with van der Waals surface area (Å²) in [4.78, 5) is 11.1. The minimum atomic E-state index is 0.135. The van der Waals surface area contributed by atoms with E-state index in [2.05, 4.69) is 13.0 Å². The Kier molecular flexibility index (Phi) is 3.63. The second-order valence-corrected chi connectivity index (χ2v) is 3.44. The number of aryl methyl sites for hydroxylation is 1. The molecule has 0 fully saturated rings. The fourth-order valence-electron chi connectivity index (χ4n) is 1.33. The number of hydrogen-bond acceptors (Lipinski definition) is 1. The maximum absolute atomic E-state index is 11.1. The van der Waals surface area contributed by atoms with E-state index in [4.69, 9.17) is 0 Å². The van der Waals surface area contributed by atoms with Crippen molar-refractivity contribution in [1.29, 1.82) is 0 Å². The molecule has 0 radical (unpaired) electrons. The number of rotatable bonds is 3. The van der Waals surface area contributed by atoms with Crippen LogP contribution in [0.25, 0.3) is 6.08 Å². The summed E-state index contributed by atoms with van der Waals surface area (Å²) >= 11 is 0. The van der Waals surface area contributed by atoms with Crippen molar-refractivity contribution in [2.45, 2.75) is 27.2 Å². The van der Waals surface area contributed by atoms with Gasteiger partial charge in [-0.25, -0.2) is 0 Å². The molecule has 0 aromatic heterocycles. The minimum absolute atomic E-state index is 0.135. The van der Waals surface area contributed by atoms with Gasteiger partial charge in [0.15, 0.2) is 5.78 Å². The van der Waals surface area contributed by atoms with Gasteiger partial charge in [0, 0.05) is 0 Å². The molecule has 0 saturated heterocycles. The van der Waals surface area contributed by atoms with E-state index in [1.807, 2.05) is 31.2 Å². The van der Waals surface area contributed by atoms with Crippen molar-refractivity contribution < 1.29 is 4.79 Å². The Balaban J connectivity index is 3.07. The number of benzene rings is 1. The molecule has 0 saturated carbocycles. The second kappa shape index (κ2) is 4.75. The summed E-state index contributed by atoms with van der Waals surface area (Å²) in [5, 5.41) is 0. The van der Waals surface area contributed by atoms with Crippen molar-refractivity contribution in [2.75, 3.05) is 0 Å². The fraction of sp³-hybridized carbons (Fsp3) is 0.308. The zero-order valence-corrected chi connectivity index (χ0v) is 9.00. The number of allylic oxidation sites excluding steroid dienone is 1. The molecule has 74 valence electrons. The van der Waals surface area contributed by atoms with E-state index < -0.39 is 0 Å². The maximum atomic E-state index is 11.1. The van der Waals surface area contributed by atoms with E-state index in [0.29, 0.717) is 0 Å². The van der Waals surface area contributed by atoms with Crippen LogP contribution in [0.2, 0.25) is 0 Å². The number of carbonyl (C=O) groups excluding carboxylic acids is 1. The first-order valence-electron chi connectivity index (χ1n) is 4.92. The lowest BCUT2D eigenvalue weighted by molar-refractivity contribution is -0.113.